The lowest BCUT2D eigenvalue weighted by atomic mass is 10.2. The van der Waals surface area contributed by atoms with Gasteiger partial charge in [0.05, 0.1) is 5.56 Å². The summed E-state index contributed by atoms with van der Waals surface area (Å²) in [6, 6.07) is 4.73. The molecule has 0 aliphatic carbocycles. The molecular weight excluding hydrogens is 327 g/mol. The van der Waals surface area contributed by atoms with Gasteiger partial charge in [-0.3, -0.25) is 4.98 Å². The Hall–Kier alpha value is -2.81. The Labute approximate surface area is 131 Å². The largest absolute Gasteiger partial charge is 0.264 e. The van der Waals surface area contributed by atoms with Crippen LogP contribution in [0.15, 0.2) is 36.7 Å². The van der Waals surface area contributed by atoms with Crippen molar-refractivity contribution < 1.29 is 13.2 Å². The number of pyridine rings is 1. The molecule has 0 N–H and O–H groups in total. The summed E-state index contributed by atoms with van der Waals surface area (Å²) in [7, 11) is 0. The molecule has 0 aliphatic rings. The van der Waals surface area contributed by atoms with Crippen molar-refractivity contribution in [3.63, 3.8) is 0 Å². The maximum atomic E-state index is 13.9. The van der Waals surface area contributed by atoms with Crippen LogP contribution < -0.4 is 0 Å². The van der Waals surface area contributed by atoms with Crippen LogP contribution in [-0.4, -0.2) is 24.8 Å². The summed E-state index contributed by atoms with van der Waals surface area (Å²) < 4.78 is 42.1. The number of rotatable bonds is 2. The van der Waals surface area contributed by atoms with Gasteiger partial charge in [0, 0.05) is 30.1 Å². The molecule has 4 rings (SSSR count). The molecule has 9 heteroatoms. The van der Waals surface area contributed by atoms with Crippen LogP contribution in [0.1, 0.15) is 0 Å². The van der Waals surface area contributed by atoms with E-state index in [1.54, 1.807) is 24.5 Å². The molecule has 4 aromatic rings. The zero-order valence-electron chi connectivity index (χ0n) is 11.2. The van der Waals surface area contributed by atoms with Gasteiger partial charge in [0.25, 0.3) is 0 Å². The molecule has 5 nitrogen and oxygen atoms in total. The fraction of sp³-hybridized carbons (Fsp3) is 0. The van der Waals surface area contributed by atoms with Gasteiger partial charge in [0.15, 0.2) is 5.82 Å². The first-order chi connectivity index (χ1) is 11.1. The third-order valence-electron chi connectivity index (χ3n) is 3.13. The Bertz CT molecular complexity index is 989. The third-order valence-corrected chi connectivity index (χ3v) is 4.08. The summed E-state index contributed by atoms with van der Waals surface area (Å²) in [6.45, 7) is 0. The zero-order chi connectivity index (χ0) is 16.0. The van der Waals surface area contributed by atoms with Gasteiger partial charge in [-0.25, -0.2) is 13.2 Å². The number of halogens is 3. The highest BCUT2D eigenvalue weighted by Crippen LogP contribution is 2.30. The van der Waals surface area contributed by atoms with E-state index in [0.29, 0.717) is 22.1 Å². The summed E-state index contributed by atoms with van der Waals surface area (Å²) in [6.07, 6.45) is 3.24. The van der Waals surface area contributed by atoms with Gasteiger partial charge >= 0.3 is 0 Å². The van der Waals surface area contributed by atoms with E-state index in [0.717, 1.165) is 5.56 Å². The SMILES string of the molecule is Fc1cc(F)c(-c2nnc3sc(-c4cccnc4)nn23)c(F)c1. The standard InChI is InChI=1S/C14H6F3N5S/c15-8-4-9(16)11(10(17)5-8)12-19-20-14-22(12)21-13(23-14)7-2-1-3-18-6-7/h1-6H. The quantitative estimate of drug-likeness (QED) is 0.565. The zero-order valence-corrected chi connectivity index (χ0v) is 12.1. The molecule has 0 bridgehead atoms. The minimum absolute atomic E-state index is 0.124. The van der Waals surface area contributed by atoms with Gasteiger partial charge in [-0.1, -0.05) is 11.3 Å². The molecule has 3 heterocycles. The molecule has 0 saturated heterocycles. The van der Waals surface area contributed by atoms with Gasteiger partial charge in [-0.05, 0) is 12.1 Å². The van der Waals surface area contributed by atoms with Crippen LogP contribution in [0, 0.1) is 17.5 Å². The van der Waals surface area contributed by atoms with E-state index >= 15 is 0 Å². The minimum Gasteiger partial charge on any atom is -0.264 e. The van der Waals surface area contributed by atoms with Crippen molar-refractivity contribution >= 4 is 16.3 Å². The second-order valence-electron chi connectivity index (χ2n) is 4.61. The van der Waals surface area contributed by atoms with Crippen molar-refractivity contribution in [3.05, 3.63) is 54.1 Å². The first-order valence-corrected chi connectivity index (χ1v) is 7.22. The van der Waals surface area contributed by atoms with Crippen LogP contribution in [0.4, 0.5) is 13.2 Å². The van der Waals surface area contributed by atoms with Crippen LogP contribution in [0.25, 0.3) is 26.9 Å². The summed E-state index contributed by atoms with van der Waals surface area (Å²) in [5.41, 5.74) is 0.274. The number of nitrogens with zero attached hydrogens (tertiary/aromatic N) is 5. The molecule has 23 heavy (non-hydrogen) atoms. The first-order valence-electron chi connectivity index (χ1n) is 6.41. The predicted molar refractivity (Wildman–Crippen MR) is 77.2 cm³/mol. The summed E-state index contributed by atoms with van der Waals surface area (Å²) in [5.74, 6) is -3.25. The van der Waals surface area contributed by atoms with E-state index in [1.165, 1.54) is 15.9 Å². The molecular formula is C14H6F3N5S. The molecule has 0 unspecified atom stereocenters. The average molecular weight is 333 g/mol. The third kappa shape index (κ3) is 2.25. The summed E-state index contributed by atoms with van der Waals surface area (Å²) in [4.78, 5) is 4.36. The maximum absolute atomic E-state index is 13.9. The molecule has 114 valence electrons. The van der Waals surface area contributed by atoms with E-state index in [2.05, 4.69) is 20.3 Å². The number of benzene rings is 1. The van der Waals surface area contributed by atoms with Crippen LogP contribution >= 0.6 is 11.3 Å². The molecule has 0 fully saturated rings. The number of fused-ring (bicyclic) bond motifs is 1. The number of aromatic nitrogens is 5. The van der Waals surface area contributed by atoms with Crippen LogP contribution in [0.5, 0.6) is 0 Å². The highest BCUT2D eigenvalue weighted by molar-refractivity contribution is 7.19. The van der Waals surface area contributed by atoms with Crippen molar-refractivity contribution in [3.8, 4) is 22.0 Å². The molecule has 0 radical (unpaired) electrons. The predicted octanol–water partition coefficient (Wildman–Crippen LogP) is 3.33. The monoisotopic (exact) mass is 333 g/mol. The van der Waals surface area contributed by atoms with Crippen molar-refractivity contribution in [1.82, 2.24) is 24.8 Å². The van der Waals surface area contributed by atoms with Crippen molar-refractivity contribution in [2.45, 2.75) is 0 Å². The Balaban J connectivity index is 1.91. The number of hydrogen-bond acceptors (Lipinski definition) is 5. The highest BCUT2D eigenvalue weighted by atomic mass is 32.1. The van der Waals surface area contributed by atoms with E-state index in [1.807, 2.05) is 0 Å². The van der Waals surface area contributed by atoms with Gasteiger partial charge in [0.2, 0.25) is 4.96 Å². The summed E-state index contributed by atoms with van der Waals surface area (Å²) in [5, 5.41) is 12.5. The molecule has 0 atom stereocenters. The van der Waals surface area contributed by atoms with E-state index in [9.17, 15) is 13.2 Å². The molecule has 0 amide bonds. The molecule has 1 aromatic carbocycles. The van der Waals surface area contributed by atoms with Crippen molar-refractivity contribution in [2.24, 2.45) is 0 Å². The fourth-order valence-electron chi connectivity index (χ4n) is 2.13. The smallest absolute Gasteiger partial charge is 0.235 e. The number of hydrogen-bond donors (Lipinski definition) is 0. The Morgan fingerprint density at radius 1 is 1.04 bits per heavy atom. The van der Waals surface area contributed by atoms with E-state index in [-0.39, 0.29) is 5.82 Å². The topological polar surface area (TPSA) is 56.0 Å². The highest BCUT2D eigenvalue weighted by Gasteiger charge is 2.21. The molecule has 0 spiro atoms. The minimum atomic E-state index is -1.06. The first kappa shape index (κ1) is 13.8. The van der Waals surface area contributed by atoms with Crippen LogP contribution in [0.3, 0.4) is 0 Å². The Kier molecular flexibility index (Phi) is 3.08. The fourth-order valence-corrected chi connectivity index (χ4v) is 2.96. The maximum Gasteiger partial charge on any atom is 0.235 e. The Morgan fingerprint density at radius 3 is 2.52 bits per heavy atom. The summed E-state index contributed by atoms with van der Waals surface area (Å²) >= 11 is 1.20. The van der Waals surface area contributed by atoms with Crippen LogP contribution in [0.2, 0.25) is 0 Å². The lowest BCUT2D eigenvalue weighted by molar-refractivity contribution is 0.546. The molecule has 0 aliphatic heterocycles. The van der Waals surface area contributed by atoms with Crippen molar-refractivity contribution in [1.29, 1.82) is 0 Å². The van der Waals surface area contributed by atoms with Crippen LogP contribution in [-0.2, 0) is 0 Å². The van der Waals surface area contributed by atoms with Gasteiger partial charge in [-0.15, -0.1) is 10.2 Å². The lowest BCUT2D eigenvalue weighted by Crippen LogP contribution is -1.98. The second kappa shape index (κ2) is 5.13. The van der Waals surface area contributed by atoms with Gasteiger partial charge in [-0.2, -0.15) is 9.61 Å². The van der Waals surface area contributed by atoms with E-state index < -0.39 is 23.0 Å². The average Bonchev–Trinajstić information content (AvgIpc) is 3.09. The van der Waals surface area contributed by atoms with Gasteiger partial charge in [0.1, 0.15) is 22.5 Å². The normalized spacial score (nSPS) is 11.3. The van der Waals surface area contributed by atoms with E-state index in [4.69, 9.17) is 0 Å². The lowest BCUT2D eigenvalue weighted by Gasteiger charge is -2.02. The van der Waals surface area contributed by atoms with Gasteiger partial charge < -0.3 is 0 Å². The molecule has 0 saturated carbocycles. The second-order valence-corrected chi connectivity index (χ2v) is 5.57. The Morgan fingerprint density at radius 2 is 1.83 bits per heavy atom. The van der Waals surface area contributed by atoms with Crippen molar-refractivity contribution in [2.75, 3.05) is 0 Å². The molecule has 3 aromatic heterocycles.